The molecule has 1 unspecified atom stereocenters. The van der Waals surface area contributed by atoms with Gasteiger partial charge >= 0.3 is 0 Å². The van der Waals surface area contributed by atoms with Gasteiger partial charge in [0.05, 0.1) is 24.8 Å². The topological polar surface area (TPSA) is 64.4 Å². The van der Waals surface area contributed by atoms with E-state index in [9.17, 15) is 9.59 Å². The summed E-state index contributed by atoms with van der Waals surface area (Å²) in [7, 11) is 0. The maximum atomic E-state index is 13.1. The van der Waals surface area contributed by atoms with Gasteiger partial charge < -0.3 is 9.64 Å². The highest BCUT2D eigenvalue weighted by Crippen LogP contribution is 2.35. The molecule has 1 aromatic heterocycles. The lowest BCUT2D eigenvalue weighted by atomic mass is 10.1. The van der Waals surface area contributed by atoms with Crippen molar-refractivity contribution in [2.45, 2.75) is 38.8 Å². The van der Waals surface area contributed by atoms with Gasteiger partial charge in [0.2, 0.25) is 5.43 Å². The van der Waals surface area contributed by atoms with Gasteiger partial charge in [-0.25, -0.2) is 0 Å². The summed E-state index contributed by atoms with van der Waals surface area (Å²) < 4.78 is 7.31. The number of benzene rings is 1. The van der Waals surface area contributed by atoms with Crippen LogP contribution in [0.1, 0.15) is 36.7 Å². The Bertz CT molecular complexity index is 857. The van der Waals surface area contributed by atoms with Crippen molar-refractivity contribution in [3.63, 3.8) is 0 Å². The molecule has 2 aromatic rings. The van der Waals surface area contributed by atoms with E-state index in [-0.39, 0.29) is 23.1 Å². The quantitative estimate of drug-likeness (QED) is 0.854. The van der Waals surface area contributed by atoms with Crippen molar-refractivity contribution in [1.82, 2.24) is 14.7 Å². The van der Waals surface area contributed by atoms with Crippen molar-refractivity contribution in [3.8, 4) is 0 Å². The lowest BCUT2D eigenvalue weighted by Gasteiger charge is -2.35. The number of fused-ring (bicyclic) bond motifs is 1. The molecule has 6 heteroatoms. The first-order valence-corrected chi connectivity index (χ1v) is 9.07. The number of nitrogens with zero attached hydrogens (tertiary/aromatic N) is 3. The Kier molecular flexibility index (Phi) is 4.29. The molecule has 2 heterocycles. The number of para-hydroxylation sites is 1. The number of ether oxygens (including phenoxy) is 1. The van der Waals surface area contributed by atoms with Crippen molar-refractivity contribution >= 4 is 16.8 Å². The number of hydrogen-bond donors (Lipinski definition) is 0. The van der Waals surface area contributed by atoms with E-state index in [1.807, 2.05) is 25.1 Å². The normalized spacial score (nSPS) is 20.8. The second-order valence-corrected chi connectivity index (χ2v) is 6.92. The third-order valence-corrected chi connectivity index (χ3v) is 5.16. The second-order valence-electron chi connectivity index (χ2n) is 6.92. The summed E-state index contributed by atoms with van der Waals surface area (Å²) in [5.74, 6) is 0.436. The maximum Gasteiger partial charge on any atom is 0.278 e. The van der Waals surface area contributed by atoms with Crippen LogP contribution in [0.2, 0.25) is 0 Å². The summed E-state index contributed by atoms with van der Waals surface area (Å²) in [5, 5.41) is 4.95. The molecule has 0 N–H and O–H groups in total. The van der Waals surface area contributed by atoms with Crippen LogP contribution in [0.15, 0.2) is 29.1 Å². The Morgan fingerprint density at radius 3 is 2.88 bits per heavy atom. The minimum absolute atomic E-state index is 0.0308. The zero-order valence-corrected chi connectivity index (χ0v) is 14.5. The Morgan fingerprint density at radius 2 is 2.12 bits per heavy atom. The minimum atomic E-state index is -0.276. The van der Waals surface area contributed by atoms with Crippen LogP contribution in [0.4, 0.5) is 0 Å². The Hall–Kier alpha value is -2.21. The molecular weight excluding hydrogens is 318 g/mol. The van der Waals surface area contributed by atoms with Gasteiger partial charge in [-0.3, -0.25) is 14.3 Å². The molecule has 1 saturated carbocycles. The van der Waals surface area contributed by atoms with Crippen LogP contribution in [0.3, 0.4) is 0 Å². The fraction of sp³-hybridized carbons (Fsp3) is 0.526. The Morgan fingerprint density at radius 1 is 1.32 bits per heavy atom. The van der Waals surface area contributed by atoms with E-state index >= 15 is 0 Å². The molecule has 132 valence electrons. The summed E-state index contributed by atoms with van der Waals surface area (Å²) in [6.45, 7) is 4.16. The highest BCUT2D eigenvalue weighted by molar-refractivity contribution is 5.95. The molecule has 0 radical (unpaired) electrons. The Balaban J connectivity index is 1.73. The van der Waals surface area contributed by atoms with Crippen LogP contribution in [-0.2, 0) is 11.3 Å². The minimum Gasteiger partial charge on any atom is -0.377 e. The monoisotopic (exact) mass is 341 g/mol. The third kappa shape index (κ3) is 3.06. The average molecular weight is 341 g/mol. The van der Waals surface area contributed by atoms with E-state index in [1.54, 1.807) is 15.6 Å². The molecule has 0 bridgehead atoms. The molecule has 25 heavy (non-hydrogen) atoms. The fourth-order valence-corrected chi connectivity index (χ4v) is 3.61. The molecule has 1 aromatic carbocycles. The van der Waals surface area contributed by atoms with Crippen LogP contribution in [0, 0.1) is 5.92 Å². The van der Waals surface area contributed by atoms with Crippen LogP contribution < -0.4 is 5.43 Å². The van der Waals surface area contributed by atoms with Gasteiger partial charge in [0.1, 0.15) is 0 Å². The molecule has 4 rings (SSSR count). The van der Waals surface area contributed by atoms with Crippen LogP contribution >= 0.6 is 0 Å². The van der Waals surface area contributed by atoms with Crippen molar-refractivity contribution in [3.05, 3.63) is 40.2 Å². The summed E-state index contributed by atoms with van der Waals surface area (Å²) in [6, 6.07) is 7.39. The molecule has 1 aliphatic carbocycles. The summed E-state index contributed by atoms with van der Waals surface area (Å²) in [4.78, 5) is 27.8. The van der Waals surface area contributed by atoms with Crippen LogP contribution in [-0.4, -0.2) is 46.4 Å². The van der Waals surface area contributed by atoms with Gasteiger partial charge in [-0.1, -0.05) is 25.0 Å². The summed E-state index contributed by atoms with van der Waals surface area (Å²) in [6.07, 6.45) is 3.42. The predicted molar refractivity (Wildman–Crippen MR) is 94.7 cm³/mol. The van der Waals surface area contributed by atoms with Crippen molar-refractivity contribution in [1.29, 1.82) is 0 Å². The third-order valence-electron chi connectivity index (χ3n) is 5.16. The molecule has 0 spiro atoms. The van der Waals surface area contributed by atoms with Gasteiger partial charge in [-0.15, -0.1) is 0 Å². The first kappa shape index (κ1) is 16.3. The largest absolute Gasteiger partial charge is 0.377 e. The number of aryl methyl sites for hydroxylation is 1. The molecule has 1 aliphatic heterocycles. The molecule has 1 atom stereocenters. The standard InChI is InChI=1S/C19H23N3O3/c1-2-22-16-6-4-3-5-15(16)18(23)17(20-22)19(24)21-9-10-25-12-14(21)11-13-7-8-13/h3-6,13-14H,2,7-12H2,1H3. The number of morpholine rings is 1. The van der Waals surface area contributed by atoms with Crippen molar-refractivity contribution in [2.75, 3.05) is 19.8 Å². The Labute approximate surface area is 146 Å². The number of hydrogen-bond acceptors (Lipinski definition) is 4. The molecule has 2 fully saturated rings. The summed E-state index contributed by atoms with van der Waals surface area (Å²) >= 11 is 0. The molecular formula is C19H23N3O3. The van der Waals surface area contributed by atoms with E-state index in [0.29, 0.717) is 37.6 Å². The van der Waals surface area contributed by atoms with Gasteiger partial charge in [0.25, 0.3) is 5.91 Å². The average Bonchev–Trinajstić information content (AvgIpc) is 3.46. The zero-order chi connectivity index (χ0) is 17.4. The number of rotatable bonds is 4. The number of amides is 1. The smallest absolute Gasteiger partial charge is 0.278 e. The van der Waals surface area contributed by atoms with Gasteiger partial charge in [-0.05, 0) is 31.4 Å². The summed E-state index contributed by atoms with van der Waals surface area (Å²) in [5.41, 5.74) is 0.522. The first-order valence-electron chi connectivity index (χ1n) is 9.07. The highest BCUT2D eigenvalue weighted by atomic mass is 16.5. The molecule has 1 amide bonds. The van der Waals surface area contributed by atoms with E-state index in [0.717, 1.165) is 11.9 Å². The van der Waals surface area contributed by atoms with E-state index < -0.39 is 0 Å². The van der Waals surface area contributed by atoms with Crippen molar-refractivity contribution in [2.24, 2.45) is 5.92 Å². The van der Waals surface area contributed by atoms with Crippen molar-refractivity contribution < 1.29 is 9.53 Å². The number of carbonyl (C=O) groups is 1. The molecule has 2 aliphatic rings. The van der Waals surface area contributed by atoms with Crippen LogP contribution in [0.25, 0.3) is 10.9 Å². The molecule has 6 nitrogen and oxygen atoms in total. The van der Waals surface area contributed by atoms with Gasteiger partial charge in [0.15, 0.2) is 5.69 Å². The lowest BCUT2D eigenvalue weighted by Crippen LogP contribution is -2.50. The number of carbonyl (C=O) groups excluding carboxylic acids is 1. The molecule has 1 saturated heterocycles. The van der Waals surface area contributed by atoms with E-state index in [2.05, 4.69) is 5.10 Å². The second kappa shape index (κ2) is 6.59. The SMILES string of the molecule is CCn1nc(C(=O)N2CCOCC2CC2CC2)c(=O)c2ccccc21. The van der Waals surface area contributed by atoms with Crippen LogP contribution in [0.5, 0.6) is 0 Å². The number of aromatic nitrogens is 2. The first-order chi connectivity index (χ1) is 12.2. The maximum absolute atomic E-state index is 13.1. The predicted octanol–water partition coefficient (Wildman–Crippen LogP) is 2.06. The van der Waals surface area contributed by atoms with Gasteiger partial charge in [-0.2, -0.15) is 5.10 Å². The van der Waals surface area contributed by atoms with Gasteiger partial charge in [0, 0.05) is 18.5 Å². The zero-order valence-electron chi connectivity index (χ0n) is 14.5. The fourth-order valence-electron chi connectivity index (χ4n) is 3.61. The van der Waals surface area contributed by atoms with E-state index in [4.69, 9.17) is 4.74 Å². The highest BCUT2D eigenvalue weighted by Gasteiger charge is 2.35. The lowest BCUT2D eigenvalue weighted by molar-refractivity contribution is -0.00616. The van der Waals surface area contributed by atoms with E-state index in [1.165, 1.54) is 12.8 Å².